The summed E-state index contributed by atoms with van der Waals surface area (Å²) in [6, 6.07) is 2.73. The predicted octanol–water partition coefficient (Wildman–Crippen LogP) is 3.49. The van der Waals surface area contributed by atoms with Crippen molar-refractivity contribution in [2.45, 2.75) is 19.6 Å². The molecule has 0 aliphatic carbocycles. The maximum atomic E-state index is 13.2. The van der Waals surface area contributed by atoms with Crippen molar-refractivity contribution in [2.24, 2.45) is 0 Å². The summed E-state index contributed by atoms with van der Waals surface area (Å²) < 4.78 is 44.4. The minimum absolute atomic E-state index is 0.0587. The second-order valence-corrected chi connectivity index (χ2v) is 4.59. The third kappa shape index (κ3) is 2.56. The van der Waals surface area contributed by atoms with Crippen molar-refractivity contribution in [1.29, 1.82) is 0 Å². The Bertz CT molecular complexity index is 762. The van der Waals surface area contributed by atoms with Crippen LogP contribution in [0.1, 0.15) is 16.8 Å². The van der Waals surface area contributed by atoms with E-state index in [1.165, 1.54) is 19.5 Å². The number of nitrogens with zero attached hydrogens (tertiary/aromatic N) is 2. The van der Waals surface area contributed by atoms with Gasteiger partial charge in [-0.2, -0.15) is 18.3 Å². The highest BCUT2D eigenvalue weighted by Crippen LogP contribution is 2.37. The van der Waals surface area contributed by atoms with Crippen molar-refractivity contribution in [2.75, 3.05) is 5.32 Å². The first-order valence-corrected chi connectivity index (χ1v) is 6.13. The number of hydrogen-bond acceptors (Lipinski definition) is 4. The van der Waals surface area contributed by atoms with Crippen molar-refractivity contribution in [1.82, 2.24) is 15.2 Å². The Morgan fingerprint density at radius 1 is 1.38 bits per heavy atom. The number of pyridine rings is 1. The Kier molecular flexibility index (Phi) is 3.08. The van der Waals surface area contributed by atoms with Crippen LogP contribution in [0.2, 0.25) is 0 Å². The summed E-state index contributed by atoms with van der Waals surface area (Å²) in [5.41, 5.74) is 0.435. The average Bonchev–Trinajstić information content (AvgIpc) is 3.02. The Balaban J connectivity index is 2.03. The molecule has 3 aromatic heterocycles. The largest absolute Gasteiger partial charge is 0.472 e. The van der Waals surface area contributed by atoms with Gasteiger partial charge < -0.3 is 9.73 Å². The van der Waals surface area contributed by atoms with Crippen LogP contribution in [0.25, 0.3) is 11.0 Å². The van der Waals surface area contributed by atoms with Gasteiger partial charge in [0.15, 0.2) is 11.5 Å². The van der Waals surface area contributed by atoms with E-state index in [1.54, 1.807) is 6.07 Å². The molecule has 3 rings (SSSR count). The lowest BCUT2D eigenvalue weighted by Crippen LogP contribution is -2.08. The minimum atomic E-state index is -4.47. The summed E-state index contributed by atoms with van der Waals surface area (Å²) in [4.78, 5) is 4.04. The number of aromatic amines is 1. The van der Waals surface area contributed by atoms with E-state index in [1.807, 2.05) is 0 Å². The van der Waals surface area contributed by atoms with Crippen LogP contribution in [0.5, 0.6) is 0 Å². The maximum absolute atomic E-state index is 13.2. The summed E-state index contributed by atoms with van der Waals surface area (Å²) in [5, 5.41) is 9.21. The van der Waals surface area contributed by atoms with Crippen molar-refractivity contribution < 1.29 is 17.6 Å². The molecule has 0 bridgehead atoms. The molecule has 0 atom stereocenters. The predicted molar refractivity (Wildman–Crippen MR) is 69.7 cm³/mol. The van der Waals surface area contributed by atoms with Gasteiger partial charge in [0, 0.05) is 17.8 Å². The number of furan rings is 1. The van der Waals surface area contributed by atoms with Gasteiger partial charge >= 0.3 is 6.18 Å². The molecule has 0 unspecified atom stereocenters. The molecule has 0 aromatic carbocycles. The van der Waals surface area contributed by atoms with Crippen LogP contribution < -0.4 is 5.32 Å². The van der Waals surface area contributed by atoms with Crippen LogP contribution in [-0.4, -0.2) is 15.2 Å². The van der Waals surface area contributed by atoms with Crippen LogP contribution in [0, 0.1) is 6.92 Å². The lowest BCUT2D eigenvalue weighted by atomic mass is 10.1. The van der Waals surface area contributed by atoms with E-state index in [9.17, 15) is 13.2 Å². The maximum Gasteiger partial charge on any atom is 0.417 e. The topological polar surface area (TPSA) is 66.7 Å². The number of aromatic nitrogens is 3. The van der Waals surface area contributed by atoms with E-state index >= 15 is 0 Å². The van der Waals surface area contributed by atoms with Gasteiger partial charge in [-0.15, -0.1) is 0 Å². The first-order chi connectivity index (χ1) is 9.95. The molecule has 0 spiro atoms. The number of hydrogen-bond donors (Lipinski definition) is 2. The summed E-state index contributed by atoms with van der Waals surface area (Å²) >= 11 is 0. The second-order valence-electron chi connectivity index (χ2n) is 4.59. The zero-order valence-electron chi connectivity index (χ0n) is 11.0. The standard InChI is InChI=1S/C13H11F3N4O/c1-7-4-9(13(14,15)16)10-11(19-20-12(10)18-7)17-5-8-2-3-21-6-8/h2-4,6H,5H2,1H3,(H2,17,18,19,20). The molecule has 0 radical (unpaired) electrons. The molecule has 3 aromatic rings. The van der Waals surface area contributed by atoms with Gasteiger partial charge in [0.25, 0.3) is 0 Å². The molecular weight excluding hydrogens is 285 g/mol. The highest BCUT2D eigenvalue weighted by atomic mass is 19.4. The molecule has 21 heavy (non-hydrogen) atoms. The molecule has 3 heterocycles. The van der Waals surface area contributed by atoms with Crippen LogP contribution in [0.4, 0.5) is 19.0 Å². The van der Waals surface area contributed by atoms with E-state index in [0.29, 0.717) is 6.54 Å². The SMILES string of the molecule is Cc1cc(C(F)(F)F)c2c(NCc3ccoc3)n[nH]c2n1. The highest BCUT2D eigenvalue weighted by Gasteiger charge is 2.35. The van der Waals surface area contributed by atoms with E-state index in [2.05, 4.69) is 20.5 Å². The van der Waals surface area contributed by atoms with Gasteiger partial charge in [-0.1, -0.05) is 0 Å². The molecule has 2 N–H and O–H groups in total. The number of nitrogens with one attached hydrogen (secondary N) is 2. The van der Waals surface area contributed by atoms with Gasteiger partial charge in [-0.25, -0.2) is 4.98 Å². The Labute approximate surface area is 117 Å². The zero-order chi connectivity index (χ0) is 15.0. The number of rotatable bonds is 3. The molecular formula is C13H11F3N4O. The molecule has 0 fully saturated rings. The molecule has 8 heteroatoms. The molecule has 0 aliphatic heterocycles. The summed E-state index contributed by atoms with van der Waals surface area (Å²) in [5.74, 6) is 0.117. The quantitative estimate of drug-likeness (QED) is 0.776. The van der Waals surface area contributed by atoms with Gasteiger partial charge in [0.1, 0.15) is 0 Å². The minimum Gasteiger partial charge on any atom is -0.472 e. The zero-order valence-corrected chi connectivity index (χ0v) is 11.0. The van der Waals surface area contributed by atoms with Crippen LogP contribution in [-0.2, 0) is 12.7 Å². The number of alkyl halides is 3. The molecule has 0 amide bonds. The van der Waals surface area contributed by atoms with Crippen LogP contribution >= 0.6 is 0 Å². The lowest BCUT2D eigenvalue weighted by Gasteiger charge is -2.10. The van der Waals surface area contributed by atoms with Gasteiger partial charge in [0.05, 0.1) is 23.5 Å². The van der Waals surface area contributed by atoms with E-state index < -0.39 is 11.7 Å². The smallest absolute Gasteiger partial charge is 0.417 e. The van der Waals surface area contributed by atoms with Crippen LogP contribution in [0.15, 0.2) is 29.1 Å². The fourth-order valence-corrected chi connectivity index (χ4v) is 2.09. The lowest BCUT2D eigenvalue weighted by molar-refractivity contribution is -0.136. The number of anilines is 1. The summed E-state index contributed by atoms with van der Waals surface area (Å²) in [6.45, 7) is 1.82. The monoisotopic (exact) mass is 296 g/mol. The van der Waals surface area contributed by atoms with E-state index in [-0.39, 0.29) is 22.5 Å². The van der Waals surface area contributed by atoms with Crippen molar-refractivity contribution >= 4 is 16.9 Å². The summed E-state index contributed by atoms with van der Waals surface area (Å²) in [7, 11) is 0. The number of halogens is 3. The molecule has 5 nitrogen and oxygen atoms in total. The van der Waals surface area contributed by atoms with E-state index in [0.717, 1.165) is 11.6 Å². The molecule has 0 saturated carbocycles. The average molecular weight is 296 g/mol. The first kappa shape index (κ1) is 13.5. The van der Waals surface area contributed by atoms with Crippen molar-refractivity contribution in [3.63, 3.8) is 0 Å². The summed E-state index contributed by atoms with van der Waals surface area (Å²) in [6.07, 6.45) is -1.47. The highest BCUT2D eigenvalue weighted by molar-refractivity contribution is 5.90. The van der Waals surface area contributed by atoms with Crippen molar-refractivity contribution in [3.05, 3.63) is 41.5 Å². The Morgan fingerprint density at radius 2 is 2.19 bits per heavy atom. The second kappa shape index (κ2) is 4.80. The normalized spacial score (nSPS) is 12.0. The fraction of sp³-hybridized carbons (Fsp3) is 0.231. The number of aryl methyl sites for hydroxylation is 1. The third-order valence-corrected chi connectivity index (χ3v) is 3.00. The van der Waals surface area contributed by atoms with Gasteiger partial charge in [-0.05, 0) is 19.1 Å². The Morgan fingerprint density at radius 3 is 2.86 bits per heavy atom. The molecule has 0 aliphatic rings. The number of H-pyrrole nitrogens is 1. The number of fused-ring (bicyclic) bond motifs is 1. The Hall–Kier alpha value is -2.51. The van der Waals surface area contributed by atoms with Gasteiger partial charge in [-0.3, -0.25) is 5.10 Å². The van der Waals surface area contributed by atoms with Crippen LogP contribution in [0.3, 0.4) is 0 Å². The molecule has 110 valence electrons. The third-order valence-electron chi connectivity index (χ3n) is 3.00. The van der Waals surface area contributed by atoms with E-state index in [4.69, 9.17) is 4.42 Å². The van der Waals surface area contributed by atoms with Gasteiger partial charge in [0.2, 0.25) is 0 Å². The van der Waals surface area contributed by atoms with Crippen molar-refractivity contribution in [3.8, 4) is 0 Å². The first-order valence-electron chi connectivity index (χ1n) is 6.13. The fourth-order valence-electron chi connectivity index (χ4n) is 2.09. The molecule has 0 saturated heterocycles.